The first-order valence-electron chi connectivity index (χ1n) is 8.88. The number of fused-ring (bicyclic) bond motifs is 1. The van der Waals surface area contributed by atoms with Crippen LogP contribution >= 0.6 is 0 Å². The fourth-order valence-corrected chi connectivity index (χ4v) is 4.81. The molecule has 1 aliphatic heterocycles. The summed E-state index contributed by atoms with van der Waals surface area (Å²) >= 11 is 0. The lowest BCUT2D eigenvalue weighted by Crippen LogP contribution is -2.40. The summed E-state index contributed by atoms with van der Waals surface area (Å²) in [4.78, 5) is 15.3. The SMILES string of the molecule is CS(=O)(=O)N1CCCN(C(=O)C2(c3ccccc3)CC2)c2ccccc21. The first-order chi connectivity index (χ1) is 12.4. The van der Waals surface area contributed by atoms with Gasteiger partial charge in [0.2, 0.25) is 15.9 Å². The fraction of sp³-hybridized carbons (Fsp3) is 0.350. The number of hydrogen-bond acceptors (Lipinski definition) is 3. The molecule has 6 heteroatoms. The van der Waals surface area contributed by atoms with Crippen LogP contribution in [-0.4, -0.2) is 33.7 Å². The molecule has 1 saturated carbocycles. The number of nitrogens with zero attached hydrogens (tertiary/aromatic N) is 2. The van der Waals surface area contributed by atoms with E-state index < -0.39 is 15.4 Å². The van der Waals surface area contributed by atoms with Crippen molar-refractivity contribution in [1.29, 1.82) is 0 Å². The van der Waals surface area contributed by atoms with Gasteiger partial charge in [0.15, 0.2) is 0 Å². The van der Waals surface area contributed by atoms with Crippen molar-refractivity contribution in [2.45, 2.75) is 24.7 Å². The number of para-hydroxylation sites is 2. The van der Waals surface area contributed by atoms with Crippen LogP contribution in [0.5, 0.6) is 0 Å². The Bertz CT molecular complexity index is 937. The van der Waals surface area contributed by atoms with E-state index in [0.29, 0.717) is 30.9 Å². The molecule has 1 aliphatic carbocycles. The Morgan fingerprint density at radius 1 is 0.923 bits per heavy atom. The predicted octanol–water partition coefficient (Wildman–Crippen LogP) is 2.92. The zero-order valence-corrected chi connectivity index (χ0v) is 15.6. The second kappa shape index (κ2) is 6.13. The van der Waals surface area contributed by atoms with E-state index in [0.717, 1.165) is 18.4 Å². The number of sulfonamides is 1. The number of rotatable bonds is 3. The lowest BCUT2D eigenvalue weighted by molar-refractivity contribution is -0.121. The maximum absolute atomic E-state index is 13.5. The van der Waals surface area contributed by atoms with Gasteiger partial charge >= 0.3 is 0 Å². The summed E-state index contributed by atoms with van der Waals surface area (Å²) in [5, 5.41) is 0. The molecule has 2 aromatic carbocycles. The van der Waals surface area contributed by atoms with Crippen LogP contribution in [0.4, 0.5) is 11.4 Å². The summed E-state index contributed by atoms with van der Waals surface area (Å²) in [6, 6.07) is 17.2. The van der Waals surface area contributed by atoms with Gasteiger partial charge in [0.1, 0.15) is 0 Å². The molecular weight excluding hydrogens is 348 g/mol. The highest BCUT2D eigenvalue weighted by Crippen LogP contribution is 2.51. The van der Waals surface area contributed by atoms with Crippen LogP contribution in [0.1, 0.15) is 24.8 Å². The molecule has 26 heavy (non-hydrogen) atoms. The second-order valence-electron chi connectivity index (χ2n) is 7.08. The smallest absolute Gasteiger partial charge is 0.237 e. The summed E-state index contributed by atoms with van der Waals surface area (Å²) in [6.45, 7) is 0.911. The molecule has 0 atom stereocenters. The number of anilines is 2. The van der Waals surface area contributed by atoms with Crippen LogP contribution in [0.2, 0.25) is 0 Å². The molecule has 0 bridgehead atoms. The minimum absolute atomic E-state index is 0.0755. The van der Waals surface area contributed by atoms with Crippen molar-refractivity contribution >= 4 is 27.3 Å². The summed E-state index contributed by atoms with van der Waals surface area (Å²) < 4.78 is 25.9. The predicted molar refractivity (Wildman–Crippen MR) is 103 cm³/mol. The molecule has 1 heterocycles. The van der Waals surface area contributed by atoms with Gasteiger partial charge in [-0.2, -0.15) is 0 Å². The monoisotopic (exact) mass is 370 g/mol. The van der Waals surface area contributed by atoms with E-state index in [1.165, 1.54) is 10.6 Å². The van der Waals surface area contributed by atoms with E-state index in [4.69, 9.17) is 0 Å². The van der Waals surface area contributed by atoms with Gasteiger partial charge in [0, 0.05) is 13.1 Å². The van der Waals surface area contributed by atoms with Gasteiger partial charge in [-0.15, -0.1) is 0 Å². The Balaban J connectivity index is 1.76. The molecule has 0 unspecified atom stereocenters. The van der Waals surface area contributed by atoms with Crippen molar-refractivity contribution in [3.8, 4) is 0 Å². The lowest BCUT2D eigenvalue weighted by atomic mass is 9.94. The quantitative estimate of drug-likeness (QED) is 0.835. The summed E-state index contributed by atoms with van der Waals surface area (Å²) in [7, 11) is -3.39. The van der Waals surface area contributed by atoms with Gasteiger partial charge in [-0.05, 0) is 37.0 Å². The number of carbonyl (C=O) groups excluding carboxylic acids is 1. The molecule has 1 fully saturated rings. The molecular formula is C20H22N2O3S. The molecule has 136 valence electrons. The molecule has 2 aliphatic rings. The Kier molecular flexibility index (Phi) is 4.03. The van der Waals surface area contributed by atoms with Crippen LogP contribution in [0.15, 0.2) is 54.6 Å². The molecule has 0 aromatic heterocycles. The van der Waals surface area contributed by atoms with Crippen molar-refractivity contribution in [3.05, 3.63) is 60.2 Å². The Morgan fingerprint density at radius 3 is 2.15 bits per heavy atom. The molecule has 0 spiro atoms. The Morgan fingerprint density at radius 2 is 1.54 bits per heavy atom. The molecule has 0 saturated heterocycles. The van der Waals surface area contributed by atoms with Crippen LogP contribution in [0, 0.1) is 0 Å². The average molecular weight is 370 g/mol. The summed E-state index contributed by atoms with van der Waals surface area (Å²) in [6.07, 6.45) is 3.50. The highest BCUT2D eigenvalue weighted by Gasteiger charge is 2.53. The van der Waals surface area contributed by atoms with Gasteiger partial charge in [0.05, 0.1) is 23.0 Å². The number of hydrogen-bond donors (Lipinski definition) is 0. The number of benzene rings is 2. The Hall–Kier alpha value is -2.34. The van der Waals surface area contributed by atoms with Crippen molar-refractivity contribution in [2.24, 2.45) is 0 Å². The molecule has 5 nitrogen and oxygen atoms in total. The number of amides is 1. The zero-order chi connectivity index (χ0) is 18.4. The van der Waals surface area contributed by atoms with Crippen LogP contribution in [0.25, 0.3) is 0 Å². The largest absolute Gasteiger partial charge is 0.310 e. The van der Waals surface area contributed by atoms with E-state index in [2.05, 4.69) is 0 Å². The third-order valence-corrected chi connectivity index (χ3v) is 6.50. The summed E-state index contributed by atoms with van der Waals surface area (Å²) in [5.41, 5.74) is 1.85. The highest BCUT2D eigenvalue weighted by molar-refractivity contribution is 7.92. The van der Waals surface area contributed by atoms with Crippen molar-refractivity contribution in [1.82, 2.24) is 0 Å². The molecule has 1 amide bonds. The standard InChI is InChI=1S/C20H22N2O3S/c1-26(24,25)22-15-7-14-21(17-10-5-6-11-18(17)22)19(23)20(12-13-20)16-8-3-2-4-9-16/h2-6,8-11H,7,12-15H2,1H3. The number of carbonyl (C=O) groups is 1. The van der Waals surface area contributed by atoms with E-state index in [-0.39, 0.29) is 5.91 Å². The van der Waals surface area contributed by atoms with E-state index in [1.54, 1.807) is 11.0 Å². The van der Waals surface area contributed by atoms with Crippen molar-refractivity contribution in [2.75, 3.05) is 28.6 Å². The van der Waals surface area contributed by atoms with E-state index in [1.807, 2.05) is 48.5 Å². The first kappa shape index (κ1) is 17.1. The Labute approximate surface area is 154 Å². The van der Waals surface area contributed by atoms with Crippen LogP contribution < -0.4 is 9.21 Å². The van der Waals surface area contributed by atoms with E-state index in [9.17, 15) is 13.2 Å². The van der Waals surface area contributed by atoms with Gasteiger partial charge in [-0.1, -0.05) is 42.5 Å². The van der Waals surface area contributed by atoms with Gasteiger partial charge in [-0.25, -0.2) is 8.42 Å². The average Bonchev–Trinajstić information content (AvgIpc) is 3.45. The van der Waals surface area contributed by atoms with Crippen LogP contribution in [0.3, 0.4) is 0 Å². The third-order valence-electron chi connectivity index (χ3n) is 5.32. The van der Waals surface area contributed by atoms with Crippen LogP contribution in [-0.2, 0) is 20.2 Å². The second-order valence-corrected chi connectivity index (χ2v) is 8.99. The van der Waals surface area contributed by atoms with Crippen molar-refractivity contribution < 1.29 is 13.2 Å². The fourth-order valence-electron chi connectivity index (χ4n) is 3.84. The van der Waals surface area contributed by atoms with E-state index >= 15 is 0 Å². The lowest BCUT2D eigenvalue weighted by Gasteiger charge is -2.28. The zero-order valence-electron chi connectivity index (χ0n) is 14.8. The minimum atomic E-state index is -3.39. The van der Waals surface area contributed by atoms with Gasteiger partial charge in [0.25, 0.3) is 0 Å². The molecule has 4 rings (SSSR count). The maximum Gasteiger partial charge on any atom is 0.237 e. The van der Waals surface area contributed by atoms with Gasteiger partial charge < -0.3 is 4.90 Å². The first-order valence-corrected chi connectivity index (χ1v) is 10.7. The van der Waals surface area contributed by atoms with Crippen molar-refractivity contribution in [3.63, 3.8) is 0 Å². The topological polar surface area (TPSA) is 57.7 Å². The van der Waals surface area contributed by atoms with Gasteiger partial charge in [-0.3, -0.25) is 9.10 Å². The molecule has 2 aromatic rings. The minimum Gasteiger partial charge on any atom is -0.310 e. The molecule has 0 radical (unpaired) electrons. The maximum atomic E-state index is 13.5. The highest BCUT2D eigenvalue weighted by atomic mass is 32.2. The normalized spacial score (nSPS) is 18.8. The third kappa shape index (κ3) is 2.78. The summed E-state index contributed by atoms with van der Waals surface area (Å²) in [5.74, 6) is 0.0755. The molecule has 0 N–H and O–H groups in total.